The molecule has 0 aromatic rings. The van der Waals surface area contributed by atoms with Crippen molar-refractivity contribution in [3.05, 3.63) is 0 Å². The zero-order valence-electron chi connectivity index (χ0n) is 11.1. The molecular weight excluding hydrogens is 182 g/mol. The summed E-state index contributed by atoms with van der Waals surface area (Å²) in [5, 5.41) is 3.76. The van der Waals surface area contributed by atoms with Gasteiger partial charge in [-0.2, -0.15) is 0 Å². The fourth-order valence-corrected chi connectivity index (χ4v) is 2.47. The third-order valence-corrected chi connectivity index (χ3v) is 3.56. The van der Waals surface area contributed by atoms with Gasteiger partial charge in [-0.05, 0) is 31.1 Å². The van der Waals surface area contributed by atoms with Gasteiger partial charge in [0.2, 0.25) is 0 Å². The van der Waals surface area contributed by atoms with Crippen molar-refractivity contribution in [1.82, 2.24) is 5.32 Å². The second-order valence-electron chi connectivity index (χ2n) is 5.94. The minimum absolute atomic E-state index is 0.648. The summed E-state index contributed by atoms with van der Waals surface area (Å²) in [5.41, 5.74) is 0. The highest BCUT2D eigenvalue weighted by Gasteiger charge is 2.26. The van der Waals surface area contributed by atoms with E-state index in [0.29, 0.717) is 6.04 Å². The number of hydrogen-bond acceptors (Lipinski definition) is 1. The molecule has 1 rings (SSSR count). The molecule has 1 heteroatoms. The Hall–Kier alpha value is -0.0400. The normalized spacial score (nSPS) is 19.6. The third-order valence-electron chi connectivity index (χ3n) is 3.56. The SMILES string of the molecule is CC(C)CCC[C@@H](NC(C)C)C1CCC1. The van der Waals surface area contributed by atoms with Gasteiger partial charge >= 0.3 is 0 Å². The van der Waals surface area contributed by atoms with Crippen molar-refractivity contribution in [2.45, 2.75) is 78.3 Å². The first kappa shape index (κ1) is 13.0. The molecule has 1 saturated carbocycles. The van der Waals surface area contributed by atoms with Gasteiger partial charge in [-0.3, -0.25) is 0 Å². The monoisotopic (exact) mass is 211 g/mol. The molecular formula is C14H29N. The molecule has 0 aliphatic heterocycles. The Bertz CT molecular complexity index is 159. The number of hydrogen-bond donors (Lipinski definition) is 1. The summed E-state index contributed by atoms with van der Waals surface area (Å²) in [6.45, 7) is 9.20. The minimum atomic E-state index is 0.648. The molecule has 1 fully saturated rings. The first-order chi connectivity index (χ1) is 7.09. The minimum Gasteiger partial charge on any atom is -0.312 e. The van der Waals surface area contributed by atoms with Crippen LogP contribution in [0.25, 0.3) is 0 Å². The molecule has 0 radical (unpaired) electrons. The summed E-state index contributed by atoms with van der Waals surface area (Å²) >= 11 is 0. The van der Waals surface area contributed by atoms with E-state index in [9.17, 15) is 0 Å². The van der Waals surface area contributed by atoms with Gasteiger partial charge in [-0.25, -0.2) is 0 Å². The van der Waals surface area contributed by atoms with Crippen molar-refractivity contribution in [2.24, 2.45) is 11.8 Å². The van der Waals surface area contributed by atoms with Crippen LogP contribution in [-0.4, -0.2) is 12.1 Å². The maximum atomic E-state index is 3.76. The van der Waals surface area contributed by atoms with E-state index in [1.165, 1.54) is 38.5 Å². The Kier molecular flexibility index (Phi) is 5.66. The van der Waals surface area contributed by atoms with Gasteiger partial charge in [0.25, 0.3) is 0 Å². The molecule has 0 unspecified atom stereocenters. The van der Waals surface area contributed by atoms with E-state index < -0.39 is 0 Å². The molecule has 0 saturated heterocycles. The Morgan fingerprint density at radius 2 is 1.73 bits per heavy atom. The van der Waals surface area contributed by atoms with Crippen LogP contribution in [0.4, 0.5) is 0 Å². The van der Waals surface area contributed by atoms with Crippen LogP contribution >= 0.6 is 0 Å². The molecule has 1 nitrogen and oxygen atoms in total. The topological polar surface area (TPSA) is 12.0 Å². The Morgan fingerprint density at radius 3 is 2.13 bits per heavy atom. The molecule has 90 valence electrons. The highest BCUT2D eigenvalue weighted by atomic mass is 14.9. The van der Waals surface area contributed by atoms with Crippen molar-refractivity contribution in [3.63, 3.8) is 0 Å². The van der Waals surface area contributed by atoms with Crippen molar-refractivity contribution in [3.8, 4) is 0 Å². The van der Waals surface area contributed by atoms with E-state index in [0.717, 1.165) is 17.9 Å². The smallest absolute Gasteiger partial charge is 0.00976 e. The zero-order chi connectivity index (χ0) is 11.3. The van der Waals surface area contributed by atoms with Gasteiger partial charge < -0.3 is 5.32 Å². The van der Waals surface area contributed by atoms with Crippen molar-refractivity contribution >= 4 is 0 Å². The fourth-order valence-electron chi connectivity index (χ4n) is 2.47. The average molecular weight is 211 g/mol. The first-order valence-corrected chi connectivity index (χ1v) is 6.85. The number of rotatable bonds is 7. The lowest BCUT2D eigenvalue weighted by atomic mass is 9.77. The van der Waals surface area contributed by atoms with E-state index in [-0.39, 0.29) is 0 Å². The van der Waals surface area contributed by atoms with Crippen LogP contribution in [0.3, 0.4) is 0 Å². The molecule has 0 aromatic carbocycles. The molecule has 1 aliphatic rings. The lowest BCUT2D eigenvalue weighted by molar-refractivity contribution is 0.205. The van der Waals surface area contributed by atoms with Gasteiger partial charge in [-0.1, -0.05) is 47.0 Å². The Balaban J connectivity index is 2.22. The maximum Gasteiger partial charge on any atom is 0.00976 e. The van der Waals surface area contributed by atoms with E-state index >= 15 is 0 Å². The molecule has 0 heterocycles. The third kappa shape index (κ3) is 5.01. The second kappa shape index (κ2) is 6.52. The highest BCUT2D eigenvalue weighted by molar-refractivity contribution is 4.83. The molecule has 1 atom stereocenters. The van der Waals surface area contributed by atoms with Crippen LogP contribution < -0.4 is 5.32 Å². The molecule has 1 N–H and O–H groups in total. The van der Waals surface area contributed by atoms with Crippen LogP contribution in [0.5, 0.6) is 0 Å². The zero-order valence-corrected chi connectivity index (χ0v) is 11.1. The Morgan fingerprint density at radius 1 is 1.07 bits per heavy atom. The van der Waals surface area contributed by atoms with Crippen molar-refractivity contribution in [2.75, 3.05) is 0 Å². The summed E-state index contributed by atoms with van der Waals surface area (Å²) in [6.07, 6.45) is 8.58. The summed E-state index contributed by atoms with van der Waals surface area (Å²) in [6, 6.07) is 1.45. The molecule has 0 spiro atoms. The van der Waals surface area contributed by atoms with E-state index in [1.807, 2.05) is 0 Å². The first-order valence-electron chi connectivity index (χ1n) is 6.85. The molecule has 0 aromatic heterocycles. The quantitative estimate of drug-likeness (QED) is 0.671. The van der Waals surface area contributed by atoms with Gasteiger partial charge in [0.15, 0.2) is 0 Å². The lowest BCUT2D eigenvalue weighted by Gasteiger charge is -2.36. The van der Waals surface area contributed by atoms with Gasteiger partial charge in [0, 0.05) is 12.1 Å². The lowest BCUT2D eigenvalue weighted by Crippen LogP contribution is -2.42. The predicted molar refractivity (Wildman–Crippen MR) is 68.1 cm³/mol. The largest absolute Gasteiger partial charge is 0.312 e. The van der Waals surface area contributed by atoms with Crippen molar-refractivity contribution < 1.29 is 0 Å². The highest BCUT2D eigenvalue weighted by Crippen LogP contribution is 2.32. The van der Waals surface area contributed by atoms with Crippen LogP contribution in [0, 0.1) is 11.8 Å². The fraction of sp³-hybridized carbons (Fsp3) is 1.00. The van der Waals surface area contributed by atoms with Gasteiger partial charge in [-0.15, -0.1) is 0 Å². The summed E-state index contributed by atoms with van der Waals surface area (Å²) in [5.74, 6) is 1.85. The van der Waals surface area contributed by atoms with Crippen LogP contribution in [0.1, 0.15) is 66.2 Å². The summed E-state index contributed by atoms with van der Waals surface area (Å²) in [4.78, 5) is 0. The average Bonchev–Trinajstić information content (AvgIpc) is 1.98. The summed E-state index contributed by atoms with van der Waals surface area (Å²) < 4.78 is 0. The van der Waals surface area contributed by atoms with Crippen LogP contribution in [0.15, 0.2) is 0 Å². The van der Waals surface area contributed by atoms with E-state index in [2.05, 4.69) is 33.0 Å². The van der Waals surface area contributed by atoms with E-state index in [4.69, 9.17) is 0 Å². The predicted octanol–water partition coefficient (Wildman–Crippen LogP) is 3.98. The molecule has 0 amide bonds. The second-order valence-corrected chi connectivity index (χ2v) is 5.94. The molecule has 1 aliphatic carbocycles. The maximum absolute atomic E-state index is 3.76. The van der Waals surface area contributed by atoms with Gasteiger partial charge in [0.1, 0.15) is 0 Å². The molecule has 15 heavy (non-hydrogen) atoms. The number of nitrogens with one attached hydrogen (secondary N) is 1. The van der Waals surface area contributed by atoms with Gasteiger partial charge in [0.05, 0.1) is 0 Å². The van der Waals surface area contributed by atoms with Crippen LogP contribution in [-0.2, 0) is 0 Å². The van der Waals surface area contributed by atoms with Crippen LogP contribution in [0.2, 0.25) is 0 Å². The summed E-state index contributed by atoms with van der Waals surface area (Å²) in [7, 11) is 0. The Labute approximate surface area is 96.0 Å². The van der Waals surface area contributed by atoms with Crippen molar-refractivity contribution in [1.29, 1.82) is 0 Å². The standard InChI is InChI=1S/C14H29N/c1-11(2)7-5-10-14(15-12(3)4)13-8-6-9-13/h11-15H,5-10H2,1-4H3/t14-/m1/s1. The van der Waals surface area contributed by atoms with E-state index in [1.54, 1.807) is 0 Å². The molecule has 0 bridgehead atoms.